The third-order valence-electron chi connectivity index (χ3n) is 3.07. The zero-order valence-electron chi connectivity index (χ0n) is 11.9. The molecule has 1 amide bonds. The van der Waals surface area contributed by atoms with Crippen LogP contribution in [0, 0.1) is 0 Å². The van der Waals surface area contributed by atoms with Gasteiger partial charge in [-0.1, -0.05) is 0 Å². The number of carbonyl (C=O) groups excluding carboxylic acids is 1. The lowest BCUT2D eigenvalue weighted by atomic mass is 10.4. The van der Waals surface area contributed by atoms with Crippen LogP contribution < -0.4 is 16.4 Å². The fraction of sp³-hybridized carbons (Fsp3) is 0.231. The molecule has 0 bridgehead atoms. The molecule has 0 saturated heterocycles. The minimum atomic E-state index is -0.205. The van der Waals surface area contributed by atoms with Crippen molar-refractivity contribution in [1.82, 2.24) is 25.1 Å². The van der Waals surface area contributed by atoms with E-state index in [1.165, 1.54) is 0 Å². The lowest BCUT2D eigenvalue weighted by Gasteiger charge is -2.07. The molecule has 0 aliphatic carbocycles. The Bertz CT molecular complexity index is 794. The van der Waals surface area contributed by atoms with Crippen molar-refractivity contribution in [1.29, 1.82) is 0 Å². The quantitative estimate of drug-likeness (QED) is 0.617. The second-order valence-electron chi connectivity index (χ2n) is 4.65. The molecule has 0 fully saturated rings. The van der Waals surface area contributed by atoms with Gasteiger partial charge >= 0.3 is 0 Å². The van der Waals surface area contributed by atoms with Crippen molar-refractivity contribution in [2.75, 3.05) is 17.6 Å². The van der Waals surface area contributed by atoms with Gasteiger partial charge < -0.3 is 20.8 Å². The van der Waals surface area contributed by atoms with Crippen LogP contribution in [0.2, 0.25) is 0 Å². The highest BCUT2D eigenvalue weighted by atomic mass is 16.3. The number of nitrogens with zero attached hydrogens (tertiary/aromatic N) is 4. The lowest BCUT2D eigenvalue weighted by Crippen LogP contribution is -2.29. The molecule has 0 saturated carbocycles. The van der Waals surface area contributed by atoms with Gasteiger partial charge in [-0.3, -0.25) is 9.48 Å². The Balaban J connectivity index is 1.61. The van der Waals surface area contributed by atoms with Gasteiger partial charge in [-0.05, 0) is 12.1 Å². The number of aromatic nitrogens is 4. The number of aryl methyl sites for hydroxylation is 1. The van der Waals surface area contributed by atoms with Crippen molar-refractivity contribution in [3.8, 4) is 0 Å². The van der Waals surface area contributed by atoms with Crippen LogP contribution in [0.25, 0.3) is 11.0 Å². The molecule has 114 valence electrons. The molecule has 0 aliphatic heterocycles. The van der Waals surface area contributed by atoms with E-state index in [1.807, 2.05) is 0 Å². The average molecular weight is 301 g/mol. The van der Waals surface area contributed by atoms with Crippen molar-refractivity contribution in [3.63, 3.8) is 0 Å². The Morgan fingerprint density at radius 1 is 1.45 bits per heavy atom. The van der Waals surface area contributed by atoms with Gasteiger partial charge in [0.25, 0.3) is 0 Å². The summed E-state index contributed by atoms with van der Waals surface area (Å²) in [6.45, 7) is 0.362. The zero-order chi connectivity index (χ0) is 15.5. The number of furan rings is 1. The van der Waals surface area contributed by atoms with Crippen LogP contribution in [-0.4, -0.2) is 32.2 Å². The Labute approximate surface area is 125 Å². The molecule has 0 unspecified atom stereocenters. The van der Waals surface area contributed by atoms with E-state index < -0.39 is 0 Å². The highest BCUT2D eigenvalue weighted by molar-refractivity contribution is 5.86. The largest absolute Gasteiger partial charge is 0.467 e. The average Bonchev–Trinajstić information content (AvgIpc) is 3.14. The molecule has 3 aromatic heterocycles. The van der Waals surface area contributed by atoms with Gasteiger partial charge in [-0.25, -0.2) is 0 Å². The standard InChI is InChI=1S/C13H15N7O2/c1-20-12-9(6-17-20)11(14)18-13(19-12)16-7-10(21)15-5-8-3-2-4-22-8/h2-4,6H,5,7H2,1H3,(H,15,21)(H3,14,16,18,19). The zero-order valence-corrected chi connectivity index (χ0v) is 11.9. The molecule has 0 radical (unpaired) electrons. The lowest BCUT2D eigenvalue weighted by molar-refractivity contribution is -0.119. The van der Waals surface area contributed by atoms with Crippen LogP contribution in [-0.2, 0) is 18.4 Å². The van der Waals surface area contributed by atoms with E-state index in [-0.39, 0.29) is 18.4 Å². The molecule has 0 atom stereocenters. The first kappa shape index (κ1) is 13.9. The SMILES string of the molecule is Cn1ncc2c(N)nc(NCC(=O)NCc3ccco3)nc21. The topological polar surface area (TPSA) is 124 Å². The predicted octanol–water partition coefficient (Wildman–Crippen LogP) is 0.267. The van der Waals surface area contributed by atoms with E-state index >= 15 is 0 Å². The van der Waals surface area contributed by atoms with Crippen molar-refractivity contribution in [2.24, 2.45) is 7.05 Å². The van der Waals surface area contributed by atoms with Crippen molar-refractivity contribution < 1.29 is 9.21 Å². The first-order chi connectivity index (χ1) is 10.6. The van der Waals surface area contributed by atoms with Crippen molar-refractivity contribution in [3.05, 3.63) is 30.4 Å². The number of nitrogens with one attached hydrogen (secondary N) is 2. The predicted molar refractivity (Wildman–Crippen MR) is 79.8 cm³/mol. The molecule has 0 aromatic carbocycles. The molecule has 3 aromatic rings. The Hall–Kier alpha value is -3.10. The molecular formula is C13H15N7O2. The third kappa shape index (κ3) is 2.82. The van der Waals surface area contributed by atoms with Gasteiger partial charge in [-0.15, -0.1) is 0 Å². The maximum absolute atomic E-state index is 11.8. The van der Waals surface area contributed by atoms with Crippen LogP contribution >= 0.6 is 0 Å². The monoisotopic (exact) mass is 301 g/mol. The number of rotatable bonds is 5. The van der Waals surface area contributed by atoms with Crippen LogP contribution in [0.5, 0.6) is 0 Å². The summed E-state index contributed by atoms with van der Waals surface area (Å²) >= 11 is 0. The van der Waals surface area contributed by atoms with Crippen LogP contribution in [0.15, 0.2) is 29.0 Å². The van der Waals surface area contributed by atoms with Crippen LogP contribution in [0.4, 0.5) is 11.8 Å². The molecule has 9 heteroatoms. The summed E-state index contributed by atoms with van der Waals surface area (Å²) in [5.74, 6) is 1.08. The van der Waals surface area contributed by atoms with Crippen LogP contribution in [0.1, 0.15) is 5.76 Å². The van der Waals surface area contributed by atoms with Gasteiger partial charge in [0.2, 0.25) is 11.9 Å². The summed E-state index contributed by atoms with van der Waals surface area (Å²) in [4.78, 5) is 20.1. The summed E-state index contributed by atoms with van der Waals surface area (Å²) in [6.07, 6.45) is 3.16. The Kier molecular flexibility index (Phi) is 3.60. The Morgan fingerprint density at radius 2 is 2.32 bits per heavy atom. The number of hydrogen-bond acceptors (Lipinski definition) is 7. The number of anilines is 2. The number of fused-ring (bicyclic) bond motifs is 1. The second-order valence-corrected chi connectivity index (χ2v) is 4.65. The molecule has 0 spiro atoms. The summed E-state index contributed by atoms with van der Waals surface area (Å²) in [5.41, 5.74) is 6.44. The van der Waals surface area contributed by atoms with E-state index in [9.17, 15) is 4.79 Å². The first-order valence-electron chi connectivity index (χ1n) is 6.61. The maximum Gasteiger partial charge on any atom is 0.239 e. The van der Waals surface area contributed by atoms with E-state index in [0.29, 0.717) is 29.2 Å². The molecular weight excluding hydrogens is 286 g/mol. The number of nitrogens with two attached hydrogens (primary N) is 1. The fourth-order valence-electron chi connectivity index (χ4n) is 1.94. The van der Waals surface area contributed by atoms with E-state index in [1.54, 1.807) is 36.3 Å². The number of carbonyl (C=O) groups is 1. The maximum atomic E-state index is 11.8. The van der Waals surface area contributed by atoms with Gasteiger partial charge in [0.1, 0.15) is 11.6 Å². The van der Waals surface area contributed by atoms with Crippen molar-refractivity contribution >= 4 is 28.7 Å². The van der Waals surface area contributed by atoms with Crippen LogP contribution in [0.3, 0.4) is 0 Å². The fourth-order valence-corrected chi connectivity index (χ4v) is 1.94. The molecule has 4 N–H and O–H groups in total. The summed E-state index contributed by atoms with van der Waals surface area (Å²) < 4.78 is 6.72. The number of hydrogen-bond donors (Lipinski definition) is 3. The van der Waals surface area contributed by atoms with Gasteiger partial charge in [0.15, 0.2) is 5.65 Å². The summed E-state index contributed by atoms with van der Waals surface area (Å²) in [5, 5.41) is 10.3. The third-order valence-corrected chi connectivity index (χ3v) is 3.07. The number of amides is 1. The van der Waals surface area contributed by atoms with Gasteiger partial charge in [0, 0.05) is 7.05 Å². The second kappa shape index (κ2) is 5.72. The van der Waals surface area contributed by atoms with E-state index in [0.717, 1.165) is 0 Å². The number of nitrogen functional groups attached to an aromatic ring is 1. The van der Waals surface area contributed by atoms with Gasteiger partial charge in [0.05, 0.1) is 30.9 Å². The van der Waals surface area contributed by atoms with E-state index in [4.69, 9.17) is 10.2 Å². The summed E-state index contributed by atoms with van der Waals surface area (Å²) in [7, 11) is 1.76. The molecule has 22 heavy (non-hydrogen) atoms. The highest BCUT2D eigenvalue weighted by Gasteiger charge is 2.10. The molecule has 3 rings (SSSR count). The Morgan fingerprint density at radius 3 is 3.09 bits per heavy atom. The minimum absolute atomic E-state index is 0.0313. The summed E-state index contributed by atoms with van der Waals surface area (Å²) in [6, 6.07) is 3.55. The van der Waals surface area contributed by atoms with Crippen molar-refractivity contribution in [2.45, 2.75) is 6.54 Å². The minimum Gasteiger partial charge on any atom is -0.467 e. The molecule has 9 nitrogen and oxygen atoms in total. The smallest absolute Gasteiger partial charge is 0.239 e. The molecule has 3 heterocycles. The first-order valence-corrected chi connectivity index (χ1v) is 6.61. The van der Waals surface area contributed by atoms with E-state index in [2.05, 4.69) is 25.7 Å². The highest BCUT2D eigenvalue weighted by Crippen LogP contribution is 2.17. The normalized spacial score (nSPS) is 10.8. The molecule has 0 aliphatic rings. The van der Waals surface area contributed by atoms with Gasteiger partial charge in [-0.2, -0.15) is 15.1 Å².